The second kappa shape index (κ2) is 11.3. The van der Waals surface area contributed by atoms with E-state index in [-0.39, 0.29) is 30.3 Å². The Morgan fingerprint density at radius 3 is 2.39 bits per heavy atom. The predicted molar refractivity (Wildman–Crippen MR) is 109 cm³/mol. The highest BCUT2D eigenvalue weighted by atomic mass is 19.3. The number of halogens is 2. The normalized spacial score (nSPS) is 10.9. The molecule has 0 spiro atoms. The van der Waals surface area contributed by atoms with Gasteiger partial charge in [0, 0.05) is 5.69 Å². The molecule has 2 rings (SSSR count). The van der Waals surface area contributed by atoms with Crippen LogP contribution in [-0.2, 0) is 9.53 Å². The van der Waals surface area contributed by atoms with Gasteiger partial charge in [-0.3, -0.25) is 4.79 Å². The Morgan fingerprint density at radius 1 is 1.10 bits per heavy atom. The lowest BCUT2D eigenvalue weighted by Gasteiger charge is -2.12. The number of ether oxygens (including phenoxy) is 3. The quantitative estimate of drug-likeness (QED) is 0.360. The smallest absolute Gasteiger partial charge is 0.387 e. The van der Waals surface area contributed by atoms with Crippen molar-refractivity contribution in [2.75, 3.05) is 18.5 Å². The molecule has 0 aliphatic carbocycles. The maximum absolute atomic E-state index is 12.5. The van der Waals surface area contributed by atoms with Crippen LogP contribution in [0.5, 0.6) is 11.5 Å². The molecule has 0 heterocycles. The van der Waals surface area contributed by atoms with Gasteiger partial charge >= 0.3 is 12.6 Å². The zero-order valence-corrected chi connectivity index (χ0v) is 16.9. The summed E-state index contributed by atoms with van der Waals surface area (Å²) in [4.78, 5) is 24.1. The third kappa shape index (κ3) is 6.82. The number of carbonyl (C=O) groups is 2. The molecule has 7 nitrogen and oxygen atoms in total. The van der Waals surface area contributed by atoms with Gasteiger partial charge in [-0.15, -0.1) is 0 Å². The number of anilines is 1. The van der Waals surface area contributed by atoms with E-state index in [1.54, 1.807) is 19.9 Å². The lowest BCUT2D eigenvalue weighted by atomic mass is 10.1. The molecule has 0 fully saturated rings. The van der Waals surface area contributed by atoms with Crippen molar-refractivity contribution in [2.45, 2.75) is 20.5 Å². The summed E-state index contributed by atoms with van der Waals surface area (Å²) in [5.74, 6) is -1.26. The highest BCUT2D eigenvalue weighted by molar-refractivity contribution is 6.09. The topological polar surface area (TPSA) is 97.7 Å². The molecule has 9 heteroatoms. The highest BCUT2D eigenvalue weighted by Crippen LogP contribution is 2.30. The molecule has 0 aromatic heterocycles. The fourth-order valence-electron chi connectivity index (χ4n) is 2.49. The van der Waals surface area contributed by atoms with Gasteiger partial charge in [0.25, 0.3) is 5.91 Å². The number of alkyl halides is 2. The van der Waals surface area contributed by atoms with E-state index in [1.807, 2.05) is 0 Å². The molecule has 0 atom stereocenters. The summed E-state index contributed by atoms with van der Waals surface area (Å²) < 4.78 is 39.6. The molecule has 1 amide bonds. The van der Waals surface area contributed by atoms with E-state index in [2.05, 4.69) is 10.1 Å². The molecule has 0 unspecified atom stereocenters. The molecule has 0 saturated carbocycles. The molecule has 0 aliphatic rings. The van der Waals surface area contributed by atoms with Crippen molar-refractivity contribution in [3.05, 3.63) is 59.2 Å². The Labute approximate surface area is 177 Å². The van der Waals surface area contributed by atoms with Crippen molar-refractivity contribution in [3.63, 3.8) is 0 Å². The van der Waals surface area contributed by atoms with Crippen molar-refractivity contribution in [1.29, 1.82) is 5.26 Å². The van der Waals surface area contributed by atoms with Crippen LogP contribution in [0.15, 0.2) is 48.0 Å². The number of esters is 1. The first-order chi connectivity index (χ1) is 14.9. The second-order valence-electron chi connectivity index (χ2n) is 5.94. The van der Waals surface area contributed by atoms with Crippen molar-refractivity contribution >= 4 is 23.6 Å². The number of nitriles is 1. The van der Waals surface area contributed by atoms with Gasteiger partial charge in [0.2, 0.25) is 0 Å². The van der Waals surface area contributed by atoms with E-state index in [4.69, 9.17) is 9.47 Å². The summed E-state index contributed by atoms with van der Waals surface area (Å²) in [5, 5.41) is 11.9. The van der Waals surface area contributed by atoms with E-state index < -0.39 is 18.5 Å². The van der Waals surface area contributed by atoms with E-state index in [0.29, 0.717) is 16.8 Å². The van der Waals surface area contributed by atoms with Gasteiger partial charge in [-0.05, 0) is 61.9 Å². The first-order valence-corrected chi connectivity index (χ1v) is 9.29. The number of amides is 1. The van der Waals surface area contributed by atoms with Crippen LogP contribution in [0.2, 0.25) is 0 Å². The molecular weight excluding hydrogens is 410 g/mol. The van der Waals surface area contributed by atoms with Crippen LogP contribution in [-0.4, -0.2) is 31.7 Å². The number of nitrogens with zero attached hydrogens (tertiary/aromatic N) is 1. The summed E-state index contributed by atoms with van der Waals surface area (Å²) in [6, 6.07) is 11.8. The summed E-state index contributed by atoms with van der Waals surface area (Å²) in [5.41, 5.74) is 0.856. The fourth-order valence-corrected chi connectivity index (χ4v) is 2.49. The molecule has 0 aliphatic heterocycles. The van der Waals surface area contributed by atoms with Crippen molar-refractivity contribution in [1.82, 2.24) is 0 Å². The van der Waals surface area contributed by atoms with Gasteiger partial charge in [-0.1, -0.05) is 6.07 Å². The van der Waals surface area contributed by atoms with Crippen molar-refractivity contribution in [2.24, 2.45) is 0 Å². The number of carbonyl (C=O) groups excluding carboxylic acids is 2. The van der Waals surface area contributed by atoms with Crippen LogP contribution in [0.4, 0.5) is 14.5 Å². The summed E-state index contributed by atoms with van der Waals surface area (Å²) in [6.07, 6.45) is 1.29. The van der Waals surface area contributed by atoms with Crippen LogP contribution in [0, 0.1) is 11.3 Å². The van der Waals surface area contributed by atoms with Crippen LogP contribution >= 0.6 is 0 Å². The fraction of sp³-hybridized carbons (Fsp3) is 0.227. The van der Waals surface area contributed by atoms with Crippen LogP contribution in [0.3, 0.4) is 0 Å². The van der Waals surface area contributed by atoms with Gasteiger partial charge in [-0.25, -0.2) is 4.79 Å². The Kier molecular flexibility index (Phi) is 8.52. The van der Waals surface area contributed by atoms with Gasteiger partial charge in [0.1, 0.15) is 11.6 Å². The van der Waals surface area contributed by atoms with Gasteiger partial charge < -0.3 is 19.5 Å². The number of benzene rings is 2. The van der Waals surface area contributed by atoms with Crippen LogP contribution < -0.4 is 14.8 Å². The first-order valence-electron chi connectivity index (χ1n) is 9.29. The first kappa shape index (κ1) is 23.3. The zero-order chi connectivity index (χ0) is 22.8. The zero-order valence-electron chi connectivity index (χ0n) is 16.9. The number of rotatable bonds is 9. The van der Waals surface area contributed by atoms with Crippen LogP contribution in [0.1, 0.15) is 29.8 Å². The van der Waals surface area contributed by atoms with Gasteiger partial charge in [-0.2, -0.15) is 14.0 Å². The third-order valence-corrected chi connectivity index (χ3v) is 3.81. The molecule has 162 valence electrons. The molecule has 1 N–H and O–H groups in total. The second-order valence-corrected chi connectivity index (χ2v) is 5.94. The molecule has 31 heavy (non-hydrogen) atoms. The Balaban J connectivity index is 2.19. The van der Waals surface area contributed by atoms with E-state index in [1.165, 1.54) is 48.5 Å². The number of nitrogens with one attached hydrogen (secondary N) is 1. The van der Waals surface area contributed by atoms with Crippen LogP contribution in [0.25, 0.3) is 6.08 Å². The molecule has 2 aromatic carbocycles. The molecule has 2 aromatic rings. The molecular formula is C22H20F2N2O5. The molecule has 0 saturated heterocycles. The minimum Gasteiger partial charge on any atom is -0.490 e. The maximum Gasteiger partial charge on any atom is 0.387 e. The standard InChI is InChI=1S/C22H20F2N2O5/c1-3-29-19-12-14(5-10-18(19)31-22(23)24)11-16(13-25)20(27)26-17-8-6-15(7-9-17)21(28)30-4-2/h5-12,22H,3-4H2,1-2H3,(H,26,27)/b16-11+. The molecule has 0 radical (unpaired) electrons. The van der Waals surface area contributed by atoms with E-state index in [0.717, 1.165) is 0 Å². The largest absolute Gasteiger partial charge is 0.490 e. The third-order valence-electron chi connectivity index (χ3n) is 3.81. The minimum absolute atomic E-state index is 0.0591. The number of hydrogen-bond acceptors (Lipinski definition) is 6. The predicted octanol–water partition coefficient (Wildman–Crippen LogP) is 4.41. The monoisotopic (exact) mass is 430 g/mol. The lowest BCUT2D eigenvalue weighted by molar-refractivity contribution is -0.112. The summed E-state index contributed by atoms with van der Waals surface area (Å²) in [7, 11) is 0. The van der Waals surface area contributed by atoms with Gasteiger partial charge in [0.05, 0.1) is 18.8 Å². The van der Waals surface area contributed by atoms with Crippen molar-refractivity contribution in [3.8, 4) is 17.6 Å². The Hall–Kier alpha value is -3.93. The van der Waals surface area contributed by atoms with E-state index in [9.17, 15) is 23.6 Å². The van der Waals surface area contributed by atoms with Gasteiger partial charge in [0.15, 0.2) is 11.5 Å². The van der Waals surface area contributed by atoms with E-state index >= 15 is 0 Å². The number of hydrogen-bond donors (Lipinski definition) is 1. The highest BCUT2D eigenvalue weighted by Gasteiger charge is 2.14. The minimum atomic E-state index is -3.02. The Bertz CT molecular complexity index is 998. The SMILES string of the molecule is CCOC(=O)c1ccc(NC(=O)/C(C#N)=C/c2ccc(OC(F)F)c(OCC)c2)cc1. The van der Waals surface area contributed by atoms with Crippen molar-refractivity contribution < 1.29 is 32.6 Å². The summed E-state index contributed by atoms with van der Waals surface area (Å²) >= 11 is 0. The average molecular weight is 430 g/mol. The summed E-state index contributed by atoms with van der Waals surface area (Å²) in [6.45, 7) is 0.805. The Morgan fingerprint density at radius 2 is 1.81 bits per heavy atom. The maximum atomic E-state index is 12.5. The average Bonchev–Trinajstić information content (AvgIpc) is 2.74. The lowest BCUT2D eigenvalue weighted by Crippen LogP contribution is -2.13. The molecule has 0 bridgehead atoms.